The molecule has 0 unspecified atom stereocenters. The predicted molar refractivity (Wildman–Crippen MR) is 278 cm³/mol. The molecule has 5 nitrogen and oxygen atoms in total. The minimum absolute atomic E-state index is 0.402. The van der Waals surface area contributed by atoms with E-state index in [1.54, 1.807) is 0 Å². The molecule has 0 radical (unpaired) electrons. The number of aromatic nitrogens is 3. The molecular formula is C64H37N3O2. The number of furan rings is 2. The Morgan fingerprint density at radius 2 is 0.797 bits per heavy atom. The zero-order chi connectivity index (χ0) is 45.2. The van der Waals surface area contributed by atoms with E-state index in [2.05, 4.69) is 158 Å². The first-order valence-corrected chi connectivity index (χ1v) is 23.4. The zero-order valence-electron chi connectivity index (χ0n) is 37.0. The van der Waals surface area contributed by atoms with Crippen LogP contribution in [0.5, 0.6) is 0 Å². The number of fused-ring (bicyclic) bond motifs is 16. The van der Waals surface area contributed by atoms with E-state index in [-0.39, 0.29) is 0 Å². The second-order valence-corrected chi connectivity index (χ2v) is 18.2. The summed E-state index contributed by atoms with van der Waals surface area (Å²) < 4.78 is 12.9. The summed E-state index contributed by atoms with van der Waals surface area (Å²) in [6, 6.07) is 79.9. The number of para-hydroxylation sites is 1. The van der Waals surface area contributed by atoms with Crippen molar-refractivity contribution in [3.63, 3.8) is 0 Å². The van der Waals surface area contributed by atoms with Gasteiger partial charge in [0.2, 0.25) is 0 Å². The van der Waals surface area contributed by atoms with Gasteiger partial charge in [-0.15, -0.1) is 0 Å². The van der Waals surface area contributed by atoms with Crippen molar-refractivity contribution in [2.45, 2.75) is 5.41 Å². The van der Waals surface area contributed by atoms with E-state index in [0.717, 1.165) is 71.7 Å². The lowest BCUT2D eigenvalue weighted by Crippen LogP contribution is -2.25. The van der Waals surface area contributed by atoms with Crippen molar-refractivity contribution in [2.24, 2.45) is 0 Å². The third-order valence-electron chi connectivity index (χ3n) is 14.6. The Bertz CT molecular complexity index is 4230. The molecule has 3 aromatic heterocycles. The Kier molecular flexibility index (Phi) is 7.93. The van der Waals surface area contributed by atoms with Crippen LogP contribution in [0.4, 0.5) is 0 Å². The number of hydrogen-bond donors (Lipinski definition) is 0. The largest absolute Gasteiger partial charge is 0.456 e. The van der Waals surface area contributed by atoms with E-state index in [1.165, 1.54) is 55.6 Å². The minimum atomic E-state index is -0.402. The van der Waals surface area contributed by atoms with E-state index in [1.807, 2.05) is 66.7 Å². The van der Waals surface area contributed by atoms with Gasteiger partial charge in [-0.1, -0.05) is 182 Å². The lowest BCUT2D eigenvalue weighted by molar-refractivity contribution is 0.668. The molecule has 69 heavy (non-hydrogen) atoms. The quantitative estimate of drug-likeness (QED) is 0.172. The summed E-state index contributed by atoms with van der Waals surface area (Å²) in [4.78, 5) is 15.4. The van der Waals surface area contributed by atoms with Crippen LogP contribution in [0.2, 0.25) is 0 Å². The fraction of sp³-hybridized carbons (Fsp3) is 0.0156. The third-order valence-corrected chi connectivity index (χ3v) is 14.6. The van der Waals surface area contributed by atoms with Crippen molar-refractivity contribution in [1.82, 2.24) is 15.0 Å². The van der Waals surface area contributed by atoms with Gasteiger partial charge in [-0.3, -0.25) is 0 Å². The van der Waals surface area contributed by atoms with Crippen LogP contribution in [0.3, 0.4) is 0 Å². The molecule has 0 aliphatic heterocycles. The molecule has 0 fully saturated rings. The number of rotatable bonds is 5. The molecule has 0 saturated heterocycles. The molecule has 0 bridgehead atoms. The third kappa shape index (κ3) is 5.44. The molecule has 0 saturated carbocycles. The van der Waals surface area contributed by atoms with Gasteiger partial charge in [-0.05, 0) is 109 Å². The molecule has 13 aromatic rings. The molecule has 2 aliphatic carbocycles. The van der Waals surface area contributed by atoms with E-state index in [9.17, 15) is 0 Å². The molecule has 10 aromatic carbocycles. The first kappa shape index (κ1) is 38.0. The maximum atomic E-state index is 6.60. The maximum absolute atomic E-state index is 6.60. The van der Waals surface area contributed by atoms with Crippen LogP contribution in [0, 0.1) is 0 Å². The van der Waals surface area contributed by atoms with Crippen LogP contribution >= 0.6 is 0 Å². The Hall–Kier alpha value is -9.19. The van der Waals surface area contributed by atoms with Crippen molar-refractivity contribution in [3.05, 3.63) is 247 Å². The van der Waals surface area contributed by atoms with Crippen molar-refractivity contribution >= 4 is 43.9 Å². The predicted octanol–water partition coefficient (Wildman–Crippen LogP) is 16.3. The van der Waals surface area contributed by atoms with E-state index < -0.39 is 5.41 Å². The molecular weight excluding hydrogens is 843 g/mol. The first-order chi connectivity index (χ1) is 34.2. The Morgan fingerprint density at radius 1 is 0.275 bits per heavy atom. The molecule has 3 heterocycles. The molecule has 0 amide bonds. The van der Waals surface area contributed by atoms with Crippen LogP contribution < -0.4 is 0 Å². The summed E-state index contributed by atoms with van der Waals surface area (Å²) in [6.45, 7) is 0. The van der Waals surface area contributed by atoms with Gasteiger partial charge in [-0.25, -0.2) is 15.0 Å². The lowest BCUT2D eigenvalue weighted by Gasteiger charge is -2.30. The maximum Gasteiger partial charge on any atom is 0.164 e. The molecule has 2 aliphatic rings. The summed E-state index contributed by atoms with van der Waals surface area (Å²) in [5.74, 6) is 1.71. The second-order valence-electron chi connectivity index (χ2n) is 18.2. The van der Waals surface area contributed by atoms with Crippen LogP contribution in [-0.2, 0) is 5.41 Å². The fourth-order valence-electron chi connectivity index (χ4n) is 11.6. The summed E-state index contributed by atoms with van der Waals surface area (Å²) in [6.07, 6.45) is 0. The van der Waals surface area contributed by atoms with E-state index in [4.69, 9.17) is 23.8 Å². The second kappa shape index (κ2) is 14.4. The number of benzene rings is 10. The number of nitrogens with zero attached hydrogens (tertiary/aromatic N) is 3. The van der Waals surface area contributed by atoms with Gasteiger partial charge in [0.25, 0.3) is 0 Å². The van der Waals surface area contributed by atoms with E-state index in [0.29, 0.717) is 17.5 Å². The fourth-order valence-corrected chi connectivity index (χ4v) is 11.6. The highest BCUT2D eigenvalue weighted by Crippen LogP contribution is 2.64. The van der Waals surface area contributed by atoms with Gasteiger partial charge in [0, 0.05) is 38.2 Å². The topological polar surface area (TPSA) is 65.0 Å². The van der Waals surface area contributed by atoms with Gasteiger partial charge >= 0.3 is 0 Å². The summed E-state index contributed by atoms with van der Waals surface area (Å²) in [5.41, 5.74) is 20.5. The summed E-state index contributed by atoms with van der Waals surface area (Å²) in [7, 11) is 0. The van der Waals surface area contributed by atoms with Gasteiger partial charge in [0.05, 0.1) is 5.41 Å². The zero-order valence-corrected chi connectivity index (χ0v) is 37.0. The smallest absolute Gasteiger partial charge is 0.164 e. The first-order valence-electron chi connectivity index (χ1n) is 23.4. The van der Waals surface area contributed by atoms with Gasteiger partial charge in [-0.2, -0.15) is 0 Å². The van der Waals surface area contributed by atoms with Gasteiger partial charge in [0.15, 0.2) is 17.5 Å². The van der Waals surface area contributed by atoms with E-state index >= 15 is 0 Å². The van der Waals surface area contributed by atoms with Crippen molar-refractivity contribution in [1.29, 1.82) is 0 Å². The van der Waals surface area contributed by atoms with Crippen LogP contribution in [-0.4, -0.2) is 15.0 Å². The Labute approximate surface area is 396 Å². The lowest BCUT2D eigenvalue weighted by atomic mass is 9.70. The van der Waals surface area contributed by atoms with Gasteiger partial charge < -0.3 is 8.83 Å². The normalized spacial score (nSPS) is 13.0. The summed E-state index contributed by atoms with van der Waals surface area (Å²) in [5, 5.41) is 4.07. The van der Waals surface area contributed by atoms with Crippen molar-refractivity contribution in [3.8, 4) is 78.7 Å². The molecule has 320 valence electrons. The van der Waals surface area contributed by atoms with Crippen molar-refractivity contribution in [2.75, 3.05) is 0 Å². The average Bonchev–Trinajstić information content (AvgIpc) is 4.16. The van der Waals surface area contributed by atoms with Crippen molar-refractivity contribution < 1.29 is 8.83 Å². The molecule has 0 atom stereocenters. The Morgan fingerprint density at radius 3 is 1.62 bits per heavy atom. The molecule has 5 heteroatoms. The molecule has 1 spiro atoms. The average molecular weight is 880 g/mol. The highest BCUT2D eigenvalue weighted by molar-refractivity contribution is 6.13. The summed E-state index contributed by atoms with van der Waals surface area (Å²) >= 11 is 0. The standard InChI is InChI=1S/C64H37N3O2/c1-2-15-38(16-3-1)61-65-62(42-31-33-47-46-21-7-11-29-55(46)69-58(47)37-42)67-63(66-61)49-24-14-30-57-60(49)50-36-40(32-34-56(50)68-57)39-17-12-18-41(35-39)43-23-13-28-54-59(43)48-22-6-10-27-53(48)64(54)51-25-8-4-19-44(51)45-20-5-9-26-52(45)64/h1-37H. The van der Waals surface area contributed by atoms with Crippen LogP contribution in [0.15, 0.2) is 233 Å². The molecule has 15 rings (SSSR count). The van der Waals surface area contributed by atoms with Crippen LogP contribution in [0.25, 0.3) is 123 Å². The number of hydrogen-bond acceptors (Lipinski definition) is 5. The highest BCUT2D eigenvalue weighted by Gasteiger charge is 2.52. The SMILES string of the molecule is c1ccc(-c2nc(-c3ccc4c(c3)oc3ccccc34)nc(-c3cccc4oc5ccc(-c6cccc(-c7cccc8c7-c7ccccc7C87c8ccccc8-c8ccccc87)c6)cc5c34)n2)cc1. The van der Waals surface area contributed by atoms with Gasteiger partial charge in [0.1, 0.15) is 22.3 Å². The monoisotopic (exact) mass is 879 g/mol. The van der Waals surface area contributed by atoms with Crippen LogP contribution in [0.1, 0.15) is 22.3 Å². The molecule has 0 N–H and O–H groups in total. The minimum Gasteiger partial charge on any atom is -0.456 e. The Balaban J connectivity index is 0.876. The highest BCUT2D eigenvalue weighted by atomic mass is 16.3.